The van der Waals surface area contributed by atoms with Crippen molar-refractivity contribution < 1.29 is 21.6 Å². The Morgan fingerprint density at radius 2 is 1.65 bits per heavy atom. The second-order valence-electron chi connectivity index (χ2n) is 4.00. The lowest BCUT2D eigenvalue weighted by Crippen LogP contribution is -2.33. The molecule has 0 aromatic heterocycles. The maximum atomic E-state index is 11.9. The zero-order valence-corrected chi connectivity index (χ0v) is 12.7. The lowest BCUT2D eigenvalue weighted by Gasteiger charge is -2.07. The number of nitrogens with one attached hydrogen (secondary N) is 2. The molecule has 7 nitrogen and oxygen atoms in total. The van der Waals surface area contributed by atoms with E-state index < -0.39 is 20.0 Å². The third-order valence-electron chi connectivity index (χ3n) is 2.55. The van der Waals surface area contributed by atoms with Crippen LogP contribution in [0.2, 0.25) is 0 Å². The Morgan fingerprint density at radius 1 is 1.10 bits per heavy atom. The number of benzene rings is 1. The van der Waals surface area contributed by atoms with E-state index in [1.165, 1.54) is 38.2 Å². The van der Waals surface area contributed by atoms with Crippen LogP contribution in [0, 0.1) is 0 Å². The molecule has 0 heterocycles. The van der Waals surface area contributed by atoms with E-state index in [1.807, 2.05) is 0 Å². The first kappa shape index (κ1) is 16.8. The molecule has 0 bridgehead atoms. The van der Waals surface area contributed by atoms with Crippen molar-refractivity contribution in [2.24, 2.45) is 0 Å². The van der Waals surface area contributed by atoms with Crippen molar-refractivity contribution in [3.05, 3.63) is 29.8 Å². The summed E-state index contributed by atoms with van der Waals surface area (Å²) in [5, 5.41) is 0. The summed E-state index contributed by atoms with van der Waals surface area (Å²) in [7, 11) is -6.00. The van der Waals surface area contributed by atoms with Gasteiger partial charge in [0, 0.05) is 12.1 Å². The summed E-state index contributed by atoms with van der Waals surface area (Å²) in [6.45, 7) is 1.14. The van der Waals surface area contributed by atoms with E-state index in [0.29, 0.717) is 5.56 Å². The van der Waals surface area contributed by atoms with Gasteiger partial charge in [0.2, 0.25) is 20.0 Å². The maximum absolute atomic E-state index is 11.9. The fourth-order valence-corrected chi connectivity index (χ4v) is 3.10. The van der Waals surface area contributed by atoms with Gasteiger partial charge in [-0.2, -0.15) is 0 Å². The molecule has 0 atom stereocenters. The smallest absolute Gasteiger partial charge is 0.240 e. The number of carbonyl (C=O) groups is 1. The van der Waals surface area contributed by atoms with Gasteiger partial charge in [-0.1, -0.05) is 12.1 Å². The fraction of sp³-hybridized carbons (Fsp3) is 0.364. The van der Waals surface area contributed by atoms with Gasteiger partial charge in [-0.25, -0.2) is 26.3 Å². The number of hydrogen-bond acceptors (Lipinski definition) is 5. The molecule has 0 spiro atoms. The molecule has 1 rings (SSSR count). The van der Waals surface area contributed by atoms with Crippen LogP contribution in [0.3, 0.4) is 0 Å². The minimum atomic E-state index is -3.79. The van der Waals surface area contributed by atoms with Crippen molar-refractivity contribution >= 4 is 25.8 Å². The van der Waals surface area contributed by atoms with Crippen molar-refractivity contribution in [1.29, 1.82) is 0 Å². The Morgan fingerprint density at radius 3 is 2.10 bits per heavy atom. The average Bonchev–Trinajstić information content (AvgIpc) is 2.38. The molecule has 0 saturated carbocycles. The summed E-state index contributed by atoms with van der Waals surface area (Å²) in [6, 6.07) is 5.40. The van der Waals surface area contributed by atoms with Gasteiger partial charge in [0.15, 0.2) is 5.78 Å². The van der Waals surface area contributed by atoms with Crippen molar-refractivity contribution in [2.75, 3.05) is 19.3 Å². The molecule has 0 fully saturated rings. The highest BCUT2D eigenvalue weighted by molar-refractivity contribution is 7.90. The quantitative estimate of drug-likeness (QED) is 0.671. The van der Waals surface area contributed by atoms with Gasteiger partial charge in [-0.05, 0) is 26.1 Å². The second-order valence-corrected chi connectivity index (χ2v) is 7.81. The first-order valence-corrected chi connectivity index (χ1v) is 8.83. The van der Waals surface area contributed by atoms with Gasteiger partial charge in [-0.15, -0.1) is 0 Å². The van der Waals surface area contributed by atoms with Crippen LogP contribution >= 0.6 is 0 Å². The molecule has 0 unspecified atom stereocenters. The number of sulfonamides is 2. The van der Waals surface area contributed by atoms with Crippen LogP contribution in [0.15, 0.2) is 29.2 Å². The summed E-state index contributed by atoms with van der Waals surface area (Å²) in [5.41, 5.74) is 0.404. The summed E-state index contributed by atoms with van der Waals surface area (Å²) < 4.78 is 50.3. The predicted octanol–water partition coefficient (Wildman–Crippen LogP) is -0.283. The number of ketones is 1. The molecule has 1 aromatic carbocycles. The van der Waals surface area contributed by atoms with Crippen LogP contribution in [0.25, 0.3) is 0 Å². The Kier molecular flexibility index (Phi) is 5.40. The van der Waals surface area contributed by atoms with Crippen molar-refractivity contribution in [3.8, 4) is 0 Å². The fourth-order valence-electron chi connectivity index (χ4n) is 1.36. The topological polar surface area (TPSA) is 109 Å². The third kappa shape index (κ3) is 4.67. The Bertz CT molecular complexity index is 678. The molecule has 112 valence electrons. The summed E-state index contributed by atoms with van der Waals surface area (Å²) >= 11 is 0. The molecular weight excluding hydrogens is 304 g/mol. The van der Waals surface area contributed by atoms with E-state index >= 15 is 0 Å². The molecule has 9 heteroatoms. The molecule has 2 N–H and O–H groups in total. The van der Waals surface area contributed by atoms with E-state index in [1.54, 1.807) is 0 Å². The Balaban J connectivity index is 2.77. The van der Waals surface area contributed by atoms with Gasteiger partial charge in [0.1, 0.15) is 0 Å². The molecule has 0 saturated heterocycles. The number of rotatable bonds is 7. The van der Waals surface area contributed by atoms with Gasteiger partial charge in [0.25, 0.3) is 0 Å². The van der Waals surface area contributed by atoms with E-state index in [9.17, 15) is 21.6 Å². The SMILES string of the molecule is CNS(=O)(=O)CCNS(=O)(=O)c1ccc(C(C)=O)cc1. The van der Waals surface area contributed by atoms with Crippen LogP contribution < -0.4 is 9.44 Å². The first-order chi connectivity index (χ1) is 9.18. The van der Waals surface area contributed by atoms with Gasteiger partial charge in [-0.3, -0.25) is 4.79 Å². The first-order valence-electron chi connectivity index (χ1n) is 5.70. The van der Waals surface area contributed by atoms with Crippen molar-refractivity contribution in [3.63, 3.8) is 0 Å². The normalized spacial score (nSPS) is 12.3. The average molecular weight is 320 g/mol. The van der Waals surface area contributed by atoms with Crippen LogP contribution in [0.5, 0.6) is 0 Å². The van der Waals surface area contributed by atoms with E-state index in [4.69, 9.17) is 0 Å². The molecule has 0 aliphatic rings. The molecule has 0 aliphatic heterocycles. The number of carbonyl (C=O) groups excluding carboxylic acids is 1. The minimum Gasteiger partial charge on any atom is -0.295 e. The highest BCUT2D eigenvalue weighted by Crippen LogP contribution is 2.10. The lowest BCUT2D eigenvalue weighted by molar-refractivity contribution is 0.101. The molecule has 0 radical (unpaired) electrons. The van der Waals surface area contributed by atoms with Crippen LogP contribution in [0.4, 0.5) is 0 Å². The second kappa shape index (κ2) is 6.44. The summed E-state index contributed by atoms with van der Waals surface area (Å²) in [5.74, 6) is -0.518. The van der Waals surface area contributed by atoms with Crippen molar-refractivity contribution in [1.82, 2.24) is 9.44 Å². The molecule has 0 amide bonds. The van der Waals surface area contributed by atoms with Crippen LogP contribution in [-0.2, 0) is 20.0 Å². The third-order valence-corrected chi connectivity index (χ3v) is 5.39. The monoisotopic (exact) mass is 320 g/mol. The Hall–Kier alpha value is -1.29. The number of hydrogen-bond donors (Lipinski definition) is 2. The van der Waals surface area contributed by atoms with Crippen LogP contribution in [-0.4, -0.2) is 42.0 Å². The number of Topliss-reactive ketones (excluding diaryl/α,β-unsaturated/α-hetero) is 1. The summed E-state index contributed by atoms with van der Waals surface area (Å²) in [4.78, 5) is 11.1. The molecule has 1 aromatic rings. The maximum Gasteiger partial charge on any atom is 0.240 e. The van der Waals surface area contributed by atoms with Gasteiger partial charge >= 0.3 is 0 Å². The van der Waals surface area contributed by atoms with Gasteiger partial charge < -0.3 is 0 Å². The standard InChI is InChI=1S/C11H16N2O5S2/c1-9(14)10-3-5-11(6-4-10)20(17,18)13-7-8-19(15,16)12-2/h3-6,12-13H,7-8H2,1-2H3. The van der Waals surface area contributed by atoms with Crippen LogP contribution in [0.1, 0.15) is 17.3 Å². The summed E-state index contributed by atoms with van der Waals surface area (Å²) in [6.07, 6.45) is 0. The van der Waals surface area contributed by atoms with Gasteiger partial charge in [0.05, 0.1) is 10.6 Å². The van der Waals surface area contributed by atoms with E-state index in [-0.39, 0.29) is 23.0 Å². The molecule has 20 heavy (non-hydrogen) atoms. The van der Waals surface area contributed by atoms with Crippen molar-refractivity contribution in [2.45, 2.75) is 11.8 Å². The largest absolute Gasteiger partial charge is 0.295 e. The minimum absolute atomic E-state index is 0.0237. The predicted molar refractivity (Wildman–Crippen MR) is 74.5 cm³/mol. The zero-order chi connectivity index (χ0) is 15.4. The highest BCUT2D eigenvalue weighted by atomic mass is 32.2. The molecular formula is C11H16N2O5S2. The molecule has 0 aliphatic carbocycles. The lowest BCUT2D eigenvalue weighted by atomic mass is 10.2. The van der Waals surface area contributed by atoms with E-state index in [2.05, 4.69) is 9.44 Å². The zero-order valence-electron chi connectivity index (χ0n) is 11.1. The Labute approximate surface area is 118 Å². The van der Waals surface area contributed by atoms with E-state index in [0.717, 1.165) is 0 Å². The highest BCUT2D eigenvalue weighted by Gasteiger charge is 2.15.